The second kappa shape index (κ2) is 4.21. The summed E-state index contributed by atoms with van der Waals surface area (Å²) in [6.07, 6.45) is 3.52. The molecule has 1 fully saturated rings. The number of aromatic nitrogens is 2. The number of nitrogens with zero attached hydrogens (tertiary/aromatic N) is 2. The Balaban J connectivity index is 1.98. The van der Waals surface area contributed by atoms with Gasteiger partial charge in [-0.05, 0) is 17.8 Å². The molecule has 0 saturated heterocycles. The standard InChI is InChI=1S/C12H17ClN2O/c1-12(2)6-9(12)10(13)4-8-5-11(16-3)15-7-14-8/h5,7,9-10H,4,6H2,1-3H3. The van der Waals surface area contributed by atoms with Crippen molar-refractivity contribution in [2.24, 2.45) is 11.3 Å². The van der Waals surface area contributed by atoms with E-state index in [-0.39, 0.29) is 5.38 Å². The molecule has 16 heavy (non-hydrogen) atoms. The Hall–Kier alpha value is -0.830. The van der Waals surface area contributed by atoms with Crippen molar-refractivity contribution in [1.29, 1.82) is 0 Å². The van der Waals surface area contributed by atoms with E-state index in [2.05, 4.69) is 23.8 Å². The smallest absolute Gasteiger partial charge is 0.216 e. The van der Waals surface area contributed by atoms with Gasteiger partial charge in [0, 0.05) is 23.6 Å². The number of hydrogen-bond acceptors (Lipinski definition) is 3. The van der Waals surface area contributed by atoms with Gasteiger partial charge in [-0.15, -0.1) is 11.6 Å². The molecule has 1 aliphatic carbocycles. The van der Waals surface area contributed by atoms with Gasteiger partial charge in [-0.25, -0.2) is 9.97 Å². The summed E-state index contributed by atoms with van der Waals surface area (Å²) in [5.41, 5.74) is 1.36. The van der Waals surface area contributed by atoms with Crippen LogP contribution in [0.25, 0.3) is 0 Å². The molecule has 1 aromatic rings. The van der Waals surface area contributed by atoms with Crippen molar-refractivity contribution in [3.8, 4) is 5.88 Å². The number of halogens is 1. The Morgan fingerprint density at radius 1 is 1.56 bits per heavy atom. The van der Waals surface area contributed by atoms with Crippen LogP contribution in [-0.2, 0) is 6.42 Å². The molecule has 1 heterocycles. The van der Waals surface area contributed by atoms with Crippen LogP contribution in [0.2, 0.25) is 0 Å². The van der Waals surface area contributed by atoms with E-state index in [4.69, 9.17) is 16.3 Å². The fraction of sp³-hybridized carbons (Fsp3) is 0.667. The van der Waals surface area contributed by atoms with Crippen LogP contribution in [0, 0.1) is 11.3 Å². The number of ether oxygens (including phenoxy) is 1. The van der Waals surface area contributed by atoms with Crippen LogP contribution in [0.5, 0.6) is 5.88 Å². The maximum Gasteiger partial charge on any atom is 0.216 e. The van der Waals surface area contributed by atoms with Crippen molar-refractivity contribution in [1.82, 2.24) is 9.97 Å². The first-order chi connectivity index (χ1) is 7.53. The second-order valence-corrected chi connectivity index (χ2v) is 5.63. The average molecular weight is 241 g/mol. The highest BCUT2D eigenvalue weighted by molar-refractivity contribution is 6.21. The van der Waals surface area contributed by atoms with Crippen LogP contribution in [0.1, 0.15) is 26.0 Å². The zero-order valence-electron chi connectivity index (χ0n) is 9.90. The van der Waals surface area contributed by atoms with Gasteiger partial charge in [0.05, 0.1) is 7.11 Å². The highest BCUT2D eigenvalue weighted by atomic mass is 35.5. The van der Waals surface area contributed by atoms with Gasteiger partial charge >= 0.3 is 0 Å². The van der Waals surface area contributed by atoms with Crippen LogP contribution in [0.3, 0.4) is 0 Å². The largest absolute Gasteiger partial charge is 0.481 e. The molecule has 2 unspecified atom stereocenters. The highest BCUT2D eigenvalue weighted by Gasteiger charge is 2.49. The number of methoxy groups -OCH3 is 1. The summed E-state index contributed by atoms with van der Waals surface area (Å²) in [7, 11) is 1.61. The van der Waals surface area contributed by atoms with Gasteiger partial charge in [-0.1, -0.05) is 13.8 Å². The Kier molecular flexibility index (Phi) is 3.06. The molecule has 1 saturated carbocycles. The van der Waals surface area contributed by atoms with Crippen molar-refractivity contribution in [3.05, 3.63) is 18.1 Å². The summed E-state index contributed by atoms with van der Waals surface area (Å²) in [5.74, 6) is 1.21. The molecule has 0 bridgehead atoms. The molecule has 3 nitrogen and oxygen atoms in total. The molecule has 4 heteroatoms. The van der Waals surface area contributed by atoms with Crippen molar-refractivity contribution in [3.63, 3.8) is 0 Å². The summed E-state index contributed by atoms with van der Waals surface area (Å²) in [5, 5.41) is 0.162. The average Bonchev–Trinajstić information content (AvgIpc) is 2.88. The third-order valence-corrected chi connectivity index (χ3v) is 3.80. The van der Waals surface area contributed by atoms with Crippen molar-refractivity contribution >= 4 is 11.6 Å². The normalized spacial score (nSPS) is 23.9. The van der Waals surface area contributed by atoms with Crippen molar-refractivity contribution in [2.45, 2.75) is 32.1 Å². The molecule has 0 aliphatic heterocycles. The van der Waals surface area contributed by atoms with Crippen LogP contribution in [-0.4, -0.2) is 22.5 Å². The summed E-state index contributed by atoms with van der Waals surface area (Å²) in [6.45, 7) is 4.52. The highest BCUT2D eigenvalue weighted by Crippen LogP contribution is 2.55. The SMILES string of the molecule is COc1cc(CC(Cl)C2CC2(C)C)ncn1. The molecular formula is C12H17ClN2O. The molecule has 88 valence electrons. The van der Waals surface area contributed by atoms with Crippen molar-refractivity contribution in [2.75, 3.05) is 7.11 Å². The lowest BCUT2D eigenvalue weighted by atomic mass is 10.0. The monoisotopic (exact) mass is 240 g/mol. The maximum atomic E-state index is 6.39. The lowest BCUT2D eigenvalue weighted by molar-refractivity contribution is 0.395. The molecule has 1 aliphatic rings. The van der Waals surface area contributed by atoms with E-state index in [0.717, 1.165) is 12.1 Å². The lowest BCUT2D eigenvalue weighted by Gasteiger charge is -2.10. The lowest BCUT2D eigenvalue weighted by Crippen LogP contribution is -2.11. The Morgan fingerprint density at radius 2 is 2.25 bits per heavy atom. The van der Waals surface area contributed by atoms with Crippen LogP contribution < -0.4 is 4.74 Å². The Morgan fingerprint density at radius 3 is 2.81 bits per heavy atom. The molecule has 0 amide bonds. The number of rotatable bonds is 4. The predicted octanol–water partition coefficient (Wildman–Crippen LogP) is 2.68. The third-order valence-electron chi connectivity index (χ3n) is 3.34. The zero-order chi connectivity index (χ0) is 11.8. The van der Waals surface area contributed by atoms with Gasteiger partial charge in [-0.3, -0.25) is 0 Å². The van der Waals surface area contributed by atoms with E-state index in [1.807, 2.05) is 6.07 Å². The number of hydrogen-bond donors (Lipinski definition) is 0. The van der Waals surface area contributed by atoms with Crippen LogP contribution >= 0.6 is 11.6 Å². The van der Waals surface area contributed by atoms with E-state index in [0.29, 0.717) is 17.2 Å². The maximum absolute atomic E-state index is 6.39. The van der Waals surface area contributed by atoms with E-state index in [1.165, 1.54) is 12.7 Å². The first kappa shape index (κ1) is 11.6. The van der Waals surface area contributed by atoms with E-state index >= 15 is 0 Å². The minimum atomic E-state index is 0.162. The molecule has 0 aromatic carbocycles. The van der Waals surface area contributed by atoms with E-state index in [1.54, 1.807) is 7.11 Å². The van der Waals surface area contributed by atoms with E-state index in [9.17, 15) is 0 Å². The second-order valence-electron chi connectivity index (χ2n) is 5.07. The quantitative estimate of drug-likeness (QED) is 0.759. The molecule has 0 N–H and O–H groups in total. The van der Waals surface area contributed by atoms with Gasteiger partial charge in [0.1, 0.15) is 6.33 Å². The van der Waals surface area contributed by atoms with Gasteiger partial charge < -0.3 is 4.74 Å². The summed E-state index contributed by atoms with van der Waals surface area (Å²) in [6, 6.07) is 1.85. The van der Waals surface area contributed by atoms with Crippen molar-refractivity contribution < 1.29 is 4.74 Å². The summed E-state index contributed by atoms with van der Waals surface area (Å²) < 4.78 is 5.06. The molecule has 2 rings (SSSR count). The zero-order valence-corrected chi connectivity index (χ0v) is 10.7. The van der Waals surface area contributed by atoms with Gasteiger partial charge in [0.15, 0.2) is 0 Å². The molecular weight excluding hydrogens is 224 g/mol. The van der Waals surface area contributed by atoms with Gasteiger partial charge in [0.25, 0.3) is 0 Å². The third kappa shape index (κ3) is 2.46. The summed E-state index contributed by atoms with van der Waals surface area (Å²) >= 11 is 6.39. The first-order valence-electron chi connectivity index (χ1n) is 5.52. The van der Waals surface area contributed by atoms with Gasteiger partial charge in [0.2, 0.25) is 5.88 Å². The molecule has 2 atom stereocenters. The Bertz CT molecular complexity index is 381. The summed E-state index contributed by atoms with van der Waals surface area (Å²) in [4.78, 5) is 8.19. The predicted molar refractivity (Wildman–Crippen MR) is 63.8 cm³/mol. The first-order valence-corrected chi connectivity index (χ1v) is 5.95. The van der Waals surface area contributed by atoms with E-state index < -0.39 is 0 Å². The van der Waals surface area contributed by atoms with Gasteiger partial charge in [-0.2, -0.15) is 0 Å². The molecule has 0 radical (unpaired) electrons. The Labute approximate surface area is 101 Å². The topological polar surface area (TPSA) is 35.0 Å². The fourth-order valence-corrected chi connectivity index (χ4v) is 2.66. The minimum absolute atomic E-state index is 0.162. The fourth-order valence-electron chi connectivity index (χ4n) is 2.07. The van der Waals surface area contributed by atoms with Crippen LogP contribution in [0.15, 0.2) is 12.4 Å². The molecule has 1 aromatic heterocycles. The molecule has 0 spiro atoms. The minimum Gasteiger partial charge on any atom is -0.481 e. The van der Waals surface area contributed by atoms with Crippen LogP contribution in [0.4, 0.5) is 0 Å². The number of alkyl halides is 1.